The molecule has 2 aromatic rings. The van der Waals surface area contributed by atoms with Crippen molar-refractivity contribution in [1.29, 1.82) is 0 Å². The van der Waals surface area contributed by atoms with Gasteiger partial charge in [0.15, 0.2) is 6.61 Å². The Morgan fingerprint density at radius 1 is 0.912 bits per heavy atom. The Morgan fingerprint density at radius 3 is 1.88 bits per heavy atom. The highest BCUT2D eigenvalue weighted by molar-refractivity contribution is 5.79. The van der Waals surface area contributed by atoms with Crippen molar-refractivity contribution in [3.05, 3.63) is 53.1 Å². The maximum atomic E-state index is 13.9. The summed E-state index contributed by atoms with van der Waals surface area (Å²) in [6, 6.07) is 3.88. The molecule has 1 unspecified atom stereocenters. The summed E-state index contributed by atoms with van der Waals surface area (Å²) in [7, 11) is 0. The Labute approximate surface area is 188 Å². The Morgan fingerprint density at radius 2 is 1.47 bits per heavy atom. The van der Waals surface area contributed by atoms with E-state index in [1.54, 1.807) is 13.8 Å². The number of halogens is 9. The molecule has 1 atom stereocenters. The first-order valence-electron chi connectivity index (χ1n) is 9.75. The van der Waals surface area contributed by atoms with Crippen LogP contribution in [0.15, 0.2) is 36.4 Å². The number of carboxylic acids is 1. The second-order valence-electron chi connectivity index (χ2n) is 7.94. The van der Waals surface area contributed by atoms with Gasteiger partial charge in [-0.05, 0) is 53.3 Å². The van der Waals surface area contributed by atoms with Gasteiger partial charge in [-0.25, -0.2) is 0 Å². The van der Waals surface area contributed by atoms with E-state index in [1.165, 1.54) is 0 Å². The molecule has 0 aliphatic carbocycles. The van der Waals surface area contributed by atoms with Gasteiger partial charge >= 0.3 is 24.5 Å². The Bertz CT molecular complexity index is 1000. The van der Waals surface area contributed by atoms with Gasteiger partial charge in [0.25, 0.3) is 0 Å². The van der Waals surface area contributed by atoms with Gasteiger partial charge in [-0.1, -0.05) is 26.0 Å². The van der Waals surface area contributed by atoms with Gasteiger partial charge in [0.2, 0.25) is 0 Å². The van der Waals surface area contributed by atoms with Gasteiger partial charge in [-0.15, -0.1) is 0 Å². The number of benzene rings is 2. The predicted octanol–water partition coefficient (Wildman–Crippen LogP) is 7.55. The molecule has 2 rings (SSSR count). The lowest BCUT2D eigenvalue weighted by atomic mass is 9.86. The SMILES string of the molecule is CC(C)CC(C(=O)O)c1cc(OCC(F)(F)F)c(C(F)(F)F)c(-c2ccc(C(F)(F)F)cc2)c1. The smallest absolute Gasteiger partial charge is 0.422 e. The van der Waals surface area contributed by atoms with E-state index in [2.05, 4.69) is 4.74 Å². The van der Waals surface area contributed by atoms with E-state index in [-0.39, 0.29) is 17.9 Å². The van der Waals surface area contributed by atoms with Crippen LogP contribution in [0.1, 0.15) is 42.9 Å². The molecule has 0 fully saturated rings. The maximum absolute atomic E-state index is 13.9. The van der Waals surface area contributed by atoms with E-state index < -0.39 is 65.0 Å². The molecule has 0 aromatic heterocycles. The van der Waals surface area contributed by atoms with Crippen molar-refractivity contribution in [1.82, 2.24) is 0 Å². The van der Waals surface area contributed by atoms with E-state index in [9.17, 15) is 49.4 Å². The first kappa shape index (κ1) is 27.3. The lowest BCUT2D eigenvalue weighted by Gasteiger charge is -2.23. The molecular weight excluding hydrogens is 483 g/mol. The van der Waals surface area contributed by atoms with Gasteiger partial charge in [-0.3, -0.25) is 4.79 Å². The van der Waals surface area contributed by atoms with E-state index in [1.807, 2.05) is 0 Å². The zero-order chi connectivity index (χ0) is 26.1. The number of ether oxygens (including phenoxy) is 1. The second-order valence-corrected chi connectivity index (χ2v) is 7.94. The van der Waals surface area contributed by atoms with Crippen molar-refractivity contribution in [3.63, 3.8) is 0 Å². The molecule has 12 heteroatoms. The van der Waals surface area contributed by atoms with Crippen LogP contribution < -0.4 is 4.74 Å². The number of aliphatic carboxylic acids is 1. The molecule has 3 nitrogen and oxygen atoms in total. The lowest BCUT2D eigenvalue weighted by Crippen LogP contribution is -2.22. The highest BCUT2D eigenvalue weighted by atomic mass is 19.4. The molecule has 0 radical (unpaired) electrons. The summed E-state index contributed by atoms with van der Waals surface area (Å²) in [5.74, 6) is -4.36. The number of alkyl halides is 9. The molecule has 0 bridgehead atoms. The second kappa shape index (κ2) is 9.75. The van der Waals surface area contributed by atoms with Crippen LogP contribution in [0, 0.1) is 5.92 Å². The third-order valence-electron chi connectivity index (χ3n) is 4.73. The topological polar surface area (TPSA) is 46.5 Å². The van der Waals surface area contributed by atoms with E-state index in [0.29, 0.717) is 18.2 Å². The average Bonchev–Trinajstić information content (AvgIpc) is 2.67. The first-order chi connectivity index (χ1) is 15.4. The van der Waals surface area contributed by atoms with Gasteiger partial charge < -0.3 is 9.84 Å². The van der Waals surface area contributed by atoms with Crippen molar-refractivity contribution in [3.8, 4) is 16.9 Å². The van der Waals surface area contributed by atoms with Crippen LogP contribution in [0.4, 0.5) is 39.5 Å². The molecular formula is C22H19F9O3. The average molecular weight is 502 g/mol. The zero-order valence-corrected chi connectivity index (χ0v) is 17.7. The number of carbonyl (C=O) groups is 1. The predicted molar refractivity (Wildman–Crippen MR) is 103 cm³/mol. The summed E-state index contributed by atoms with van der Waals surface area (Å²) in [5.41, 5.74) is -4.30. The van der Waals surface area contributed by atoms with Crippen molar-refractivity contribution < 1.29 is 54.2 Å². The summed E-state index contributed by atoms with van der Waals surface area (Å²) in [6.07, 6.45) is -15.1. The summed E-state index contributed by atoms with van der Waals surface area (Å²) in [4.78, 5) is 11.8. The van der Waals surface area contributed by atoms with E-state index in [4.69, 9.17) is 0 Å². The quantitative estimate of drug-likeness (QED) is 0.398. The minimum absolute atomic E-state index is 0.0636. The summed E-state index contributed by atoms with van der Waals surface area (Å²) < 4.78 is 123. The van der Waals surface area contributed by atoms with Crippen LogP contribution in [0.25, 0.3) is 11.1 Å². The van der Waals surface area contributed by atoms with Gasteiger partial charge in [0.1, 0.15) is 11.3 Å². The molecule has 34 heavy (non-hydrogen) atoms. The first-order valence-corrected chi connectivity index (χ1v) is 9.75. The van der Waals surface area contributed by atoms with Gasteiger partial charge in [-0.2, -0.15) is 39.5 Å². The molecule has 0 spiro atoms. The monoisotopic (exact) mass is 502 g/mol. The molecule has 0 saturated heterocycles. The highest BCUT2D eigenvalue weighted by Gasteiger charge is 2.40. The van der Waals surface area contributed by atoms with Crippen LogP contribution in [-0.2, 0) is 17.1 Å². The normalized spacial score (nSPS) is 13.8. The molecule has 0 saturated carbocycles. The number of hydrogen-bond acceptors (Lipinski definition) is 2. The summed E-state index contributed by atoms with van der Waals surface area (Å²) in [6.45, 7) is 1.18. The summed E-state index contributed by atoms with van der Waals surface area (Å²) in [5, 5.41) is 9.57. The Hall–Kier alpha value is -2.92. The minimum atomic E-state index is -5.27. The summed E-state index contributed by atoms with van der Waals surface area (Å²) >= 11 is 0. The Balaban J connectivity index is 2.82. The van der Waals surface area contributed by atoms with Crippen molar-refractivity contribution in [2.24, 2.45) is 5.92 Å². The zero-order valence-electron chi connectivity index (χ0n) is 17.7. The van der Waals surface area contributed by atoms with E-state index >= 15 is 0 Å². The molecule has 0 heterocycles. The van der Waals surface area contributed by atoms with Crippen LogP contribution in [0.5, 0.6) is 5.75 Å². The standard InChI is InChI=1S/C22H19F9O3/c1-11(2)7-16(19(32)33)13-8-15(12-3-5-14(6-4-12)21(26,27)28)18(22(29,30)31)17(9-13)34-10-20(23,24)25/h3-6,8-9,11,16H,7,10H2,1-2H3,(H,32,33). The molecule has 2 aromatic carbocycles. The largest absolute Gasteiger partial charge is 0.483 e. The van der Waals surface area contributed by atoms with Crippen molar-refractivity contribution in [2.75, 3.05) is 6.61 Å². The molecule has 0 aliphatic heterocycles. The van der Waals surface area contributed by atoms with E-state index in [0.717, 1.165) is 18.2 Å². The van der Waals surface area contributed by atoms with Crippen LogP contribution >= 0.6 is 0 Å². The van der Waals surface area contributed by atoms with Crippen LogP contribution in [0.3, 0.4) is 0 Å². The van der Waals surface area contributed by atoms with Crippen molar-refractivity contribution in [2.45, 2.75) is 44.7 Å². The third kappa shape index (κ3) is 7.04. The number of rotatable bonds is 7. The fourth-order valence-corrected chi connectivity index (χ4v) is 3.32. The highest BCUT2D eigenvalue weighted by Crippen LogP contribution is 2.46. The fraction of sp³-hybridized carbons (Fsp3) is 0.409. The number of hydrogen-bond donors (Lipinski definition) is 1. The molecule has 188 valence electrons. The third-order valence-corrected chi connectivity index (χ3v) is 4.73. The lowest BCUT2D eigenvalue weighted by molar-refractivity contribution is -0.158. The van der Waals surface area contributed by atoms with Crippen molar-refractivity contribution >= 4 is 5.97 Å². The number of carboxylic acid groups (broad SMARTS) is 1. The Kier molecular flexibility index (Phi) is 7.84. The molecule has 1 N–H and O–H groups in total. The fourth-order valence-electron chi connectivity index (χ4n) is 3.32. The van der Waals surface area contributed by atoms with Gasteiger partial charge in [0, 0.05) is 0 Å². The molecule has 0 amide bonds. The van der Waals surface area contributed by atoms with Gasteiger partial charge in [0.05, 0.1) is 11.5 Å². The molecule has 0 aliphatic rings. The van der Waals surface area contributed by atoms with Crippen LogP contribution in [0.2, 0.25) is 0 Å². The minimum Gasteiger partial charge on any atom is -0.483 e. The van der Waals surface area contributed by atoms with Crippen LogP contribution in [-0.4, -0.2) is 23.9 Å². The maximum Gasteiger partial charge on any atom is 0.422 e.